The normalized spacial score (nSPS) is 13.9. The summed E-state index contributed by atoms with van der Waals surface area (Å²) in [6.45, 7) is 4.64. The van der Waals surface area contributed by atoms with Crippen molar-refractivity contribution >= 4 is 23.2 Å². The molecule has 1 aliphatic rings. The zero-order valence-electron chi connectivity index (χ0n) is 25.7. The van der Waals surface area contributed by atoms with E-state index in [4.69, 9.17) is 19.6 Å². The van der Waals surface area contributed by atoms with Crippen LogP contribution in [0.4, 0.5) is 17.3 Å². The third-order valence-corrected chi connectivity index (χ3v) is 7.48. The maximum atomic E-state index is 13.9. The van der Waals surface area contributed by atoms with Crippen molar-refractivity contribution in [2.24, 2.45) is 0 Å². The lowest BCUT2D eigenvalue weighted by Gasteiger charge is -2.29. The molecule has 6 rings (SSSR count). The van der Waals surface area contributed by atoms with Crippen LogP contribution in [-0.4, -0.2) is 46.4 Å². The Balaban J connectivity index is 1.41. The van der Waals surface area contributed by atoms with Crippen LogP contribution in [0.5, 0.6) is 11.5 Å². The Labute approximate surface area is 262 Å². The number of carbonyl (C=O) groups is 1. The molecule has 45 heavy (non-hydrogen) atoms. The van der Waals surface area contributed by atoms with Gasteiger partial charge in [-0.2, -0.15) is 4.98 Å². The summed E-state index contributed by atoms with van der Waals surface area (Å²) in [4.78, 5) is 24.9. The van der Waals surface area contributed by atoms with Gasteiger partial charge < -0.3 is 25.0 Å². The summed E-state index contributed by atoms with van der Waals surface area (Å²) < 4.78 is 14.0. The molecule has 0 fully saturated rings. The van der Waals surface area contributed by atoms with Crippen LogP contribution >= 0.6 is 0 Å². The summed E-state index contributed by atoms with van der Waals surface area (Å²) in [6, 6.07) is 26.7. The number of nitrogens with zero attached hydrogens (tertiary/aromatic N) is 5. The predicted octanol–water partition coefficient (Wildman–Crippen LogP) is 6.31. The molecule has 0 spiro atoms. The highest BCUT2D eigenvalue weighted by atomic mass is 16.5. The predicted molar refractivity (Wildman–Crippen MR) is 175 cm³/mol. The highest BCUT2D eigenvalue weighted by Gasteiger charge is 2.35. The van der Waals surface area contributed by atoms with E-state index in [2.05, 4.69) is 15.6 Å². The molecule has 1 aliphatic heterocycles. The number of rotatable bonds is 10. The van der Waals surface area contributed by atoms with Crippen LogP contribution in [0.2, 0.25) is 0 Å². The fourth-order valence-corrected chi connectivity index (χ4v) is 5.24. The Morgan fingerprint density at radius 3 is 2.49 bits per heavy atom. The lowest BCUT2D eigenvalue weighted by molar-refractivity contribution is -0.113. The monoisotopic (exact) mass is 601 g/mol. The van der Waals surface area contributed by atoms with Crippen molar-refractivity contribution in [3.05, 3.63) is 120 Å². The molecule has 1 atom stereocenters. The van der Waals surface area contributed by atoms with Gasteiger partial charge in [0.2, 0.25) is 5.95 Å². The highest BCUT2D eigenvalue weighted by Crippen LogP contribution is 2.40. The van der Waals surface area contributed by atoms with Gasteiger partial charge in [-0.3, -0.25) is 9.78 Å². The van der Waals surface area contributed by atoms with Crippen molar-refractivity contribution in [2.45, 2.75) is 26.5 Å². The van der Waals surface area contributed by atoms with Crippen LogP contribution in [0.25, 0.3) is 11.4 Å². The molecular formula is C35H35N7O3. The number of fused-ring (bicyclic) bond motifs is 1. The molecular weight excluding hydrogens is 566 g/mol. The molecule has 5 aromatic rings. The molecule has 3 heterocycles. The molecule has 1 amide bonds. The standard InChI is InChI=1S/C35H35N7O3/c1-5-44-30-20-26(15-18-29(30)45-22-24-10-7-6-8-11-24)32-31(34(43)38-27-12-9-19-36-21-27)23(2)37-35-39-33(40-42(32)35)25-13-16-28(17-14-25)41(3)4/h6-21,32H,5,22H2,1-4H3,(H,38,43)(H,37,39,40). The minimum absolute atomic E-state index is 0.279. The molecule has 3 aromatic carbocycles. The van der Waals surface area contributed by atoms with E-state index in [1.165, 1.54) is 0 Å². The largest absolute Gasteiger partial charge is 0.490 e. The third kappa shape index (κ3) is 6.35. The smallest absolute Gasteiger partial charge is 0.255 e. The minimum Gasteiger partial charge on any atom is -0.490 e. The van der Waals surface area contributed by atoms with Crippen molar-refractivity contribution in [1.82, 2.24) is 19.7 Å². The zero-order valence-corrected chi connectivity index (χ0v) is 25.7. The van der Waals surface area contributed by atoms with Crippen LogP contribution in [-0.2, 0) is 11.4 Å². The second-order valence-corrected chi connectivity index (χ2v) is 10.8. The van der Waals surface area contributed by atoms with Crippen LogP contribution in [0.3, 0.4) is 0 Å². The van der Waals surface area contributed by atoms with Crippen LogP contribution in [0, 0.1) is 0 Å². The number of nitrogens with one attached hydrogen (secondary N) is 2. The van der Waals surface area contributed by atoms with Gasteiger partial charge in [0.25, 0.3) is 5.91 Å². The number of amides is 1. The van der Waals surface area contributed by atoms with Crippen molar-refractivity contribution in [3.8, 4) is 22.9 Å². The number of carbonyl (C=O) groups excluding carboxylic acids is 1. The van der Waals surface area contributed by atoms with E-state index in [0.29, 0.717) is 53.4 Å². The van der Waals surface area contributed by atoms with E-state index in [1.54, 1.807) is 29.2 Å². The summed E-state index contributed by atoms with van der Waals surface area (Å²) in [7, 11) is 4.00. The number of benzene rings is 3. The van der Waals surface area contributed by atoms with Gasteiger partial charge in [-0.15, -0.1) is 5.10 Å². The molecule has 0 aliphatic carbocycles. The first kappa shape index (κ1) is 29.4. The van der Waals surface area contributed by atoms with Crippen LogP contribution in [0.15, 0.2) is 109 Å². The first-order valence-corrected chi connectivity index (χ1v) is 14.8. The Morgan fingerprint density at radius 1 is 0.978 bits per heavy atom. The van der Waals surface area contributed by atoms with E-state index in [-0.39, 0.29) is 5.91 Å². The number of allylic oxidation sites excluding steroid dienone is 1. The quantitative estimate of drug-likeness (QED) is 0.192. The van der Waals surface area contributed by atoms with Gasteiger partial charge >= 0.3 is 0 Å². The van der Waals surface area contributed by atoms with Crippen molar-refractivity contribution < 1.29 is 14.3 Å². The topological polar surface area (TPSA) is 106 Å². The number of ether oxygens (including phenoxy) is 2. The summed E-state index contributed by atoms with van der Waals surface area (Å²) >= 11 is 0. The van der Waals surface area contributed by atoms with Gasteiger partial charge in [-0.1, -0.05) is 36.4 Å². The molecule has 0 radical (unpaired) electrons. The van der Waals surface area contributed by atoms with Crippen LogP contribution in [0.1, 0.15) is 31.0 Å². The van der Waals surface area contributed by atoms with E-state index < -0.39 is 6.04 Å². The van der Waals surface area contributed by atoms with Crippen molar-refractivity contribution in [3.63, 3.8) is 0 Å². The fourth-order valence-electron chi connectivity index (χ4n) is 5.24. The van der Waals surface area contributed by atoms with E-state index in [1.807, 2.05) is 106 Å². The Morgan fingerprint density at radius 2 is 1.78 bits per heavy atom. The Hall–Kier alpha value is -5.64. The molecule has 2 N–H and O–H groups in total. The van der Waals surface area contributed by atoms with Gasteiger partial charge in [0, 0.05) is 37.2 Å². The Kier molecular flexibility index (Phi) is 8.45. The summed E-state index contributed by atoms with van der Waals surface area (Å²) in [5.41, 5.74) is 5.53. The average Bonchev–Trinajstić information content (AvgIpc) is 3.48. The SMILES string of the molecule is CCOc1cc(C2C(C(=O)Nc3cccnc3)=C(C)Nc3nc(-c4ccc(N(C)C)cc4)nn32)ccc1OCc1ccccc1. The first-order valence-electron chi connectivity index (χ1n) is 14.8. The Bertz CT molecular complexity index is 1820. The van der Waals surface area contributed by atoms with E-state index >= 15 is 0 Å². The molecule has 10 heteroatoms. The molecule has 0 saturated carbocycles. The summed E-state index contributed by atoms with van der Waals surface area (Å²) in [5.74, 6) is 1.99. The number of hydrogen-bond donors (Lipinski definition) is 2. The van der Waals surface area contributed by atoms with Gasteiger partial charge in [-0.05, 0) is 73.5 Å². The second-order valence-electron chi connectivity index (χ2n) is 10.8. The fraction of sp³-hybridized carbons (Fsp3) is 0.200. The van der Waals surface area contributed by atoms with Gasteiger partial charge in [-0.25, -0.2) is 4.68 Å². The molecule has 0 bridgehead atoms. The number of aromatic nitrogens is 4. The van der Waals surface area contributed by atoms with E-state index in [9.17, 15) is 4.79 Å². The van der Waals surface area contributed by atoms with Gasteiger partial charge in [0.15, 0.2) is 17.3 Å². The molecule has 2 aromatic heterocycles. The average molecular weight is 602 g/mol. The number of anilines is 3. The second kappa shape index (κ2) is 12.9. The number of pyridine rings is 1. The van der Waals surface area contributed by atoms with Crippen LogP contribution < -0.4 is 25.0 Å². The molecule has 228 valence electrons. The lowest BCUT2D eigenvalue weighted by Crippen LogP contribution is -2.31. The van der Waals surface area contributed by atoms with E-state index in [0.717, 1.165) is 22.4 Å². The first-order chi connectivity index (χ1) is 21.9. The molecule has 10 nitrogen and oxygen atoms in total. The maximum absolute atomic E-state index is 13.9. The van der Waals surface area contributed by atoms with Crippen molar-refractivity contribution in [2.75, 3.05) is 36.2 Å². The molecule has 0 saturated heterocycles. The van der Waals surface area contributed by atoms with Gasteiger partial charge in [0.1, 0.15) is 12.6 Å². The molecule has 1 unspecified atom stereocenters. The summed E-state index contributed by atoms with van der Waals surface area (Å²) in [6.07, 6.45) is 3.28. The van der Waals surface area contributed by atoms with Crippen molar-refractivity contribution in [1.29, 1.82) is 0 Å². The zero-order chi connectivity index (χ0) is 31.3. The van der Waals surface area contributed by atoms with Gasteiger partial charge in [0.05, 0.1) is 24.1 Å². The maximum Gasteiger partial charge on any atom is 0.255 e. The minimum atomic E-state index is -0.609. The summed E-state index contributed by atoms with van der Waals surface area (Å²) in [5, 5.41) is 11.2. The number of hydrogen-bond acceptors (Lipinski definition) is 8. The highest BCUT2D eigenvalue weighted by molar-refractivity contribution is 6.06. The lowest BCUT2D eigenvalue weighted by atomic mass is 9.94. The third-order valence-electron chi connectivity index (χ3n) is 7.48.